The van der Waals surface area contributed by atoms with Crippen LogP contribution in [0.2, 0.25) is 0 Å². The van der Waals surface area contributed by atoms with E-state index in [9.17, 15) is 14.4 Å². The number of anilines is 1. The molecule has 2 aromatic heterocycles. The van der Waals surface area contributed by atoms with Crippen LogP contribution in [0.25, 0.3) is 16.8 Å². The van der Waals surface area contributed by atoms with E-state index in [1.807, 2.05) is 18.2 Å². The summed E-state index contributed by atoms with van der Waals surface area (Å²) in [4.78, 5) is 18.5. The van der Waals surface area contributed by atoms with Crippen LogP contribution in [0.1, 0.15) is 35.0 Å². The van der Waals surface area contributed by atoms with Crippen molar-refractivity contribution >= 4 is 17.4 Å². The third kappa shape index (κ3) is 4.06. The molecule has 0 saturated heterocycles. The number of urea groups is 1. The van der Waals surface area contributed by atoms with Gasteiger partial charge in [-0.15, -0.1) is 0 Å². The zero-order valence-corrected chi connectivity index (χ0v) is 18.7. The number of primary amides is 1. The van der Waals surface area contributed by atoms with E-state index >= 15 is 0 Å². The first kappa shape index (κ1) is 22.1. The number of nitrogens with zero attached hydrogens (tertiary/aromatic N) is 5. The maximum absolute atomic E-state index is 14.3. The van der Waals surface area contributed by atoms with Gasteiger partial charge in [0.2, 0.25) is 0 Å². The lowest BCUT2D eigenvalue weighted by molar-refractivity contribution is 0.192. The van der Waals surface area contributed by atoms with E-state index in [-0.39, 0.29) is 18.1 Å². The third-order valence-corrected chi connectivity index (χ3v) is 6.07. The molecule has 5 rings (SSSR count). The summed E-state index contributed by atoms with van der Waals surface area (Å²) < 4.78 is 16.0. The topological polar surface area (TPSA) is 126 Å². The Morgan fingerprint density at radius 1 is 1.20 bits per heavy atom. The zero-order chi connectivity index (χ0) is 24.5. The van der Waals surface area contributed by atoms with Crippen molar-refractivity contribution in [2.24, 2.45) is 5.73 Å². The molecule has 0 radical (unpaired) electrons. The van der Waals surface area contributed by atoms with Gasteiger partial charge in [0.1, 0.15) is 17.2 Å². The summed E-state index contributed by atoms with van der Waals surface area (Å²) in [6.07, 6.45) is 4.79. The quantitative estimate of drug-likeness (QED) is 0.439. The number of benzene rings is 2. The highest BCUT2D eigenvalue weighted by Crippen LogP contribution is 2.35. The molecule has 1 aliphatic rings. The highest BCUT2D eigenvalue weighted by molar-refractivity contribution is 5.77. The van der Waals surface area contributed by atoms with Gasteiger partial charge in [-0.05, 0) is 36.2 Å². The minimum atomic E-state index is -0.570. The molecule has 0 spiro atoms. The molecule has 1 aliphatic heterocycles. The Kier molecular flexibility index (Phi) is 5.63. The molecule has 174 valence electrons. The molecule has 9 heteroatoms. The van der Waals surface area contributed by atoms with Crippen LogP contribution in [0.5, 0.6) is 0 Å². The van der Waals surface area contributed by atoms with Crippen molar-refractivity contribution in [2.75, 3.05) is 12.3 Å². The molecule has 35 heavy (non-hydrogen) atoms. The van der Waals surface area contributed by atoms with Crippen LogP contribution < -0.4 is 11.5 Å². The number of nitrogens with two attached hydrogens (primary N) is 2. The van der Waals surface area contributed by atoms with Gasteiger partial charge < -0.3 is 16.4 Å². The van der Waals surface area contributed by atoms with Gasteiger partial charge >= 0.3 is 6.03 Å². The van der Waals surface area contributed by atoms with E-state index in [1.54, 1.807) is 51.9 Å². The summed E-state index contributed by atoms with van der Waals surface area (Å²) in [5.41, 5.74) is 15.9. The number of aromatic nitrogens is 3. The summed E-state index contributed by atoms with van der Waals surface area (Å²) in [5.74, 6) is -0.0937. The van der Waals surface area contributed by atoms with E-state index in [0.717, 1.165) is 0 Å². The molecule has 2 amide bonds. The number of nitrogen functional groups attached to an aromatic ring is 1. The first-order valence-electron chi connectivity index (χ1n) is 11.1. The summed E-state index contributed by atoms with van der Waals surface area (Å²) in [6, 6.07) is 16.3. The number of fused-ring (bicyclic) bond motifs is 1. The maximum atomic E-state index is 14.3. The largest absolute Gasteiger partial charge is 0.382 e. The predicted octanol–water partition coefficient (Wildman–Crippen LogP) is 3.96. The Morgan fingerprint density at radius 3 is 2.80 bits per heavy atom. The second-order valence-electron chi connectivity index (χ2n) is 8.32. The Bertz CT molecular complexity index is 1520. The van der Waals surface area contributed by atoms with E-state index in [1.165, 1.54) is 6.07 Å². The minimum Gasteiger partial charge on any atom is -0.382 e. The Morgan fingerprint density at radius 2 is 2.03 bits per heavy atom. The van der Waals surface area contributed by atoms with Crippen LogP contribution in [-0.4, -0.2) is 32.1 Å². The van der Waals surface area contributed by atoms with Crippen LogP contribution >= 0.6 is 0 Å². The normalized spacial score (nSPS) is 15.3. The Hall–Kier alpha value is -4.71. The predicted molar refractivity (Wildman–Crippen MR) is 130 cm³/mol. The summed E-state index contributed by atoms with van der Waals surface area (Å²) in [5, 5.41) is 14.2. The molecule has 0 saturated carbocycles. The monoisotopic (exact) mass is 467 g/mol. The standard InChI is InChI=1S/C26H22FN7O/c27-20-9-2-1-7-17(20)13-19-14-22-25(29)31-23(18-8-5-6-16(12-18)15-28)24(34(22)32-19)21-10-3-4-11-33(21)26(30)35/h1-3,5-10,12,14,21H,4,11,13H2,(H2,29,31)(H2,30,35). The second-order valence-corrected chi connectivity index (χ2v) is 8.32. The van der Waals surface area contributed by atoms with Crippen LogP contribution in [-0.2, 0) is 6.42 Å². The van der Waals surface area contributed by atoms with Crippen LogP contribution in [0.3, 0.4) is 0 Å². The molecule has 1 unspecified atom stereocenters. The van der Waals surface area contributed by atoms with E-state index in [2.05, 4.69) is 11.1 Å². The fraction of sp³-hybridized carbons (Fsp3) is 0.154. The highest BCUT2D eigenvalue weighted by Gasteiger charge is 2.30. The molecule has 8 nitrogen and oxygen atoms in total. The van der Waals surface area contributed by atoms with Gasteiger partial charge in [0, 0.05) is 18.5 Å². The van der Waals surface area contributed by atoms with Gasteiger partial charge in [-0.1, -0.05) is 42.5 Å². The number of amides is 2. The van der Waals surface area contributed by atoms with Crippen molar-refractivity contribution in [1.82, 2.24) is 19.5 Å². The lowest BCUT2D eigenvalue weighted by Crippen LogP contribution is -2.41. The van der Waals surface area contributed by atoms with Crippen molar-refractivity contribution < 1.29 is 9.18 Å². The first-order valence-corrected chi connectivity index (χ1v) is 11.1. The number of nitriles is 1. The van der Waals surface area contributed by atoms with Crippen LogP contribution in [0, 0.1) is 17.1 Å². The van der Waals surface area contributed by atoms with Gasteiger partial charge in [0.05, 0.1) is 34.8 Å². The van der Waals surface area contributed by atoms with E-state index in [0.29, 0.717) is 52.3 Å². The van der Waals surface area contributed by atoms with E-state index in [4.69, 9.17) is 16.6 Å². The SMILES string of the molecule is N#Cc1cccc(-c2nc(N)c3cc(Cc4ccccc4F)nn3c2C2C=CCCN2C(N)=O)c1. The smallest absolute Gasteiger partial charge is 0.315 e. The number of hydrogen-bond acceptors (Lipinski definition) is 5. The van der Waals surface area contributed by atoms with E-state index < -0.39 is 12.1 Å². The molecule has 0 aliphatic carbocycles. The number of rotatable bonds is 4. The summed E-state index contributed by atoms with van der Waals surface area (Å²) in [7, 11) is 0. The lowest BCUT2D eigenvalue weighted by atomic mass is 9.99. The van der Waals surface area contributed by atoms with Crippen LogP contribution in [0.4, 0.5) is 15.0 Å². The molecule has 1 atom stereocenters. The number of hydrogen-bond donors (Lipinski definition) is 2. The summed E-state index contributed by atoms with van der Waals surface area (Å²) >= 11 is 0. The molecule has 2 aromatic carbocycles. The van der Waals surface area contributed by atoms with Crippen molar-refractivity contribution in [2.45, 2.75) is 18.9 Å². The molecular weight excluding hydrogens is 445 g/mol. The fourth-order valence-electron chi connectivity index (χ4n) is 4.44. The van der Waals surface area contributed by atoms with Crippen LogP contribution in [0.15, 0.2) is 66.7 Å². The third-order valence-electron chi connectivity index (χ3n) is 6.07. The molecular formula is C26H22FN7O. The lowest BCUT2D eigenvalue weighted by Gasteiger charge is -2.32. The number of carbonyl (C=O) groups excluding carboxylic acids is 1. The van der Waals surface area contributed by atoms with Crippen molar-refractivity contribution in [3.8, 4) is 17.3 Å². The second kappa shape index (κ2) is 8.91. The molecule has 0 bridgehead atoms. The fourth-order valence-corrected chi connectivity index (χ4v) is 4.44. The molecule has 4 aromatic rings. The minimum absolute atomic E-state index is 0.226. The average Bonchev–Trinajstić information content (AvgIpc) is 3.29. The summed E-state index contributed by atoms with van der Waals surface area (Å²) in [6.45, 7) is 0.434. The molecule has 3 heterocycles. The van der Waals surface area contributed by atoms with Gasteiger partial charge in [-0.25, -0.2) is 18.7 Å². The molecule has 0 fully saturated rings. The Balaban J connectivity index is 1.76. The van der Waals surface area contributed by atoms with Crippen molar-refractivity contribution in [3.63, 3.8) is 0 Å². The highest BCUT2D eigenvalue weighted by atomic mass is 19.1. The zero-order valence-electron chi connectivity index (χ0n) is 18.7. The van der Waals surface area contributed by atoms with Crippen molar-refractivity contribution in [3.05, 3.63) is 95.1 Å². The van der Waals surface area contributed by atoms with Gasteiger partial charge in [0.15, 0.2) is 0 Å². The van der Waals surface area contributed by atoms with Crippen molar-refractivity contribution in [1.29, 1.82) is 5.26 Å². The van der Waals surface area contributed by atoms with Gasteiger partial charge in [-0.2, -0.15) is 10.4 Å². The maximum Gasteiger partial charge on any atom is 0.315 e. The molecule has 4 N–H and O–H groups in total. The van der Waals surface area contributed by atoms with Gasteiger partial charge in [-0.3, -0.25) is 0 Å². The number of halogens is 1. The Labute approximate surface area is 200 Å². The first-order chi connectivity index (χ1) is 17.0. The van der Waals surface area contributed by atoms with Gasteiger partial charge in [0.25, 0.3) is 0 Å². The average molecular weight is 468 g/mol. The number of carbonyl (C=O) groups is 1.